The van der Waals surface area contributed by atoms with Crippen LogP contribution in [0.25, 0.3) is 0 Å². The molecule has 0 amide bonds. The summed E-state index contributed by atoms with van der Waals surface area (Å²) in [5.41, 5.74) is 0. The lowest BCUT2D eigenvalue weighted by molar-refractivity contribution is -0.145. The van der Waals surface area contributed by atoms with Crippen molar-refractivity contribution in [2.24, 2.45) is 0 Å². The minimum absolute atomic E-state index is 0.110. The number of esters is 1. The smallest absolute Gasteiger partial charge is 0.305 e. The average Bonchev–Trinajstić information content (AvgIpc) is 2.86. The van der Waals surface area contributed by atoms with E-state index in [-0.39, 0.29) is 5.97 Å². The third-order valence-corrected chi connectivity index (χ3v) is 6.36. The third-order valence-electron chi connectivity index (χ3n) is 6.36. The van der Waals surface area contributed by atoms with Crippen molar-refractivity contribution in [2.75, 3.05) is 46.2 Å². The van der Waals surface area contributed by atoms with E-state index in [2.05, 4.69) is 13.8 Å². The fraction of sp³-hybridized carbons (Fsp3) is 0.967. The molecule has 0 bridgehead atoms. The Morgan fingerprint density at radius 2 is 0.743 bits per heavy atom. The quantitative estimate of drug-likeness (QED) is 0.0731. The molecule has 0 heterocycles. The van der Waals surface area contributed by atoms with Crippen LogP contribution in [0.1, 0.15) is 142 Å². The molecule has 0 N–H and O–H groups in total. The van der Waals surface area contributed by atoms with Crippen LogP contribution < -0.4 is 0 Å². The van der Waals surface area contributed by atoms with Crippen molar-refractivity contribution in [2.45, 2.75) is 142 Å². The molecule has 0 fully saturated rings. The molecule has 0 aliphatic heterocycles. The fourth-order valence-electron chi connectivity index (χ4n) is 4.10. The molecule has 5 nitrogen and oxygen atoms in total. The van der Waals surface area contributed by atoms with Gasteiger partial charge in [0.15, 0.2) is 0 Å². The SMILES string of the molecule is CCCCCCCCCCCCCCCOCCOCCOCCOC(=O)CCCCCCCC. The summed E-state index contributed by atoms with van der Waals surface area (Å²) in [5, 5.41) is 0. The first kappa shape index (κ1) is 34.4. The van der Waals surface area contributed by atoms with Crippen LogP contribution in [0, 0.1) is 0 Å². The summed E-state index contributed by atoms with van der Waals surface area (Å²) < 4.78 is 21.8. The molecule has 0 rings (SSSR count). The number of carbonyl (C=O) groups excluding carboxylic acids is 1. The molecule has 5 heteroatoms. The van der Waals surface area contributed by atoms with Gasteiger partial charge in [-0.25, -0.2) is 0 Å². The monoisotopic (exact) mass is 500 g/mol. The molecule has 0 spiro atoms. The molecular weight excluding hydrogens is 440 g/mol. The number of rotatable bonds is 30. The first-order chi connectivity index (χ1) is 17.3. The Kier molecular flexibility index (Phi) is 30.8. The van der Waals surface area contributed by atoms with Crippen molar-refractivity contribution in [1.29, 1.82) is 0 Å². The maximum absolute atomic E-state index is 11.6. The van der Waals surface area contributed by atoms with Gasteiger partial charge in [-0.1, -0.05) is 123 Å². The van der Waals surface area contributed by atoms with Crippen molar-refractivity contribution in [3.05, 3.63) is 0 Å². The van der Waals surface area contributed by atoms with Gasteiger partial charge in [-0.2, -0.15) is 0 Å². The van der Waals surface area contributed by atoms with E-state index in [4.69, 9.17) is 18.9 Å². The predicted octanol–water partition coefficient (Wildman–Crippen LogP) is 8.42. The Morgan fingerprint density at radius 1 is 0.400 bits per heavy atom. The van der Waals surface area contributed by atoms with Gasteiger partial charge in [0, 0.05) is 13.0 Å². The van der Waals surface area contributed by atoms with Gasteiger partial charge in [-0.05, 0) is 12.8 Å². The fourth-order valence-corrected chi connectivity index (χ4v) is 4.10. The zero-order valence-corrected chi connectivity index (χ0v) is 23.6. The van der Waals surface area contributed by atoms with Crippen LogP contribution in [0.3, 0.4) is 0 Å². The van der Waals surface area contributed by atoms with Gasteiger partial charge in [-0.3, -0.25) is 4.79 Å². The van der Waals surface area contributed by atoms with Crippen LogP contribution in [-0.2, 0) is 23.7 Å². The van der Waals surface area contributed by atoms with E-state index in [0.717, 1.165) is 25.9 Å². The first-order valence-electron chi connectivity index (χ1n) is 15.2. The molecule has 0 aromatic carbocycles. The van der Waals surface area contributed by atoms with Crippen LogP contribution in [0.2, 0.25) is 0 Å². The number of hydrogen-bond acceptors (Lipinski definition) is 5. The van der Waals surface area contributed by atoms with Crippen molar-refractivity contribution >= 4 is 5.97 Å². The Bertz CT molecular complexity index is 402. The van der Waals surface area contributed by atoms with E-state index >= 15 is 0 Å². The van der Waals surface area contributed by atoms with Gasteiger partial charge in [-0.15, -0.1) is 0 Å². The van der Waals surface area contributed by atoms with Crippen molar-refractivity contribution in [3.63, 3.8) is 0 Å². The van der Waals surface area contributed by atoms with Crippen LogP contribution >= 0.6 is 0 Å². The van der Waals surface area contributed by atoms with Crippen molar-refractivity contribution in [1.82, 2.24) is 0 Å². The molecule has 0 aromatic rings. The molecule has 0 saturated carbocycles. The largest absolute Gasteiger partial charge is 0.463 e. The lowest BCUT2D eigenvalue weighted by Crippen LogP contribution is -2.14. The Morgan fingerprint density at radius 3 is 1.20 bits per heavy atom. The molecule has 0 saturated heterocycles. The van der Waals surface area contributed by atoms with Gasteiger partial charge < -0.3 is 18.9 Å². The third kappa shape index (κ3) is 31.3. The summed E-state index contributed by atoms with van der Waals surface area (Å²) in [5.74, 6) is -0.110. The highest BCUT2D eigenvalue weighted by Gasteiger charge is 2.02. The highest BCUT2D eigenvalue weighted by Crippen LogP contribution is 2.12. The zero-order chi connectivity index (χ0) is 25.5. The van der Waals surface area contributed by atoms with E-state index in [0.29, 0.717) is 46.1 Å². The van der Waals surface area contributed by atoms with E-state index in [1.54, 1.807) is 0 Å². The maximum Gasteiger partial charge on any atom is 0.305 e. The molecule has 0 unspecified atom stereocenters. The van der Waals surface area contributed by atoms with Crippen molar-refractivity contribution in [3.8, 4) is 0 Å². The van der Waals surface area contributed by atoms with Gasteiger partial charge in [0.2, 0.25) is 0 Å². The van der Waals surface area contributed by atoms with Crippen molar-refractivity contribution < 1.29 is 23.7 Å². The highest BCUT2D eigenvalue weighted by molar-refractivity contribution is 5.69. The zero-order valence-electron chi connectivity index (χ0n) is 23.6. The molecular formula is C30H60O5. The number of unbranched alkanes of at least 4 members (excludes halogenated alkanes) is 17. The minimum Gasteiger partial charge on any atom is -0.463 e. The van der Waals surface area contributed by atoms with Crippen LogP contribution in [0.15, 0.2) is 0 Å². The van der Waals surface area contributed by atoms with Crippen LogP contribution in [0.5, 0.6) is 0 Å². The van der Waals surface area contributed by atoms with E-state index < -0.39 is 0 Å². The van der Waals surface area contributed by atoms with Gasteiger partial charge in [0.05, 0.1) is 33.0 Å². The lowest BCUT2D eigenvalue weighted by Gasteiger charge is -2.08. The second kappa shape index (κ2) is 31.4. The topological polar surface area (TPSA) is 54.0 Å². The van der Waals surface area contributed by atoms with Gasteiger partial charge >= 0.3 is 5.97 Å². The Hall–Kier alpha value is -0.650. The normalized spacial score (nSPS) is 11.3. The molecule has 0 aliphatic carbocycles. The molecule has 210 valence electrons. The first-order valence-corrected chi connectivity index (χ1v) is 15.2. The van der Waals surface area contributed by atoms with E-state index in [1.165, 1.54) is 103 Å². The highest BCUT2D eigenvalue weighted by atomic mass is 16.6. The summed E-state index contributed by atoms with van der Waals surface area (Å²) in [6.07, 6.45) is 25.4. The summed E-state index contributed by atoms with van der Waals surface area (Å²) in [6, 6.07) is 0. The standard InChI is InChI=1S/C30H60O5/c1-3-5-7-9-11-12-13-14-15-16-17-19-21-23-32-24-25-33-26-27-34-28-29-35-30(31)22-20-18-10-8-6-4-2/h3-29H2,1-2H3. The number of ether oxygens (including phenoxy) is 4. The molecule has 0 radical (unpaired) electrons. The van der Waals surface area contributed by atoms with Crippen LogP contribution in [0.4, 0.5) is 0 Å². The number of hydrogen-bond donors (Lipinski definition) is 0. The van der Waals surface area contributed by atoms with Crippen LogP contribution in [-0.4, -0.2) is 52.2 Å². The Balaban J connectivity index is 3.09. The lowest BCUT2D eigenvalue weighted by atomic mass is 10.0. The summed E-state index contributed by atoms with van der Waals surface area (Å²) in [6.45, 7) is 8.41. The molecule has 0 aliphatic rings. The van der Waals surface area contributed by atoms with E-state index in [9.17, 15) is 4.79 Å². The second-order valence-electron chi connectivity index (χ2n) is 9.82. The summed E-state index contributed by atoms with van der Waals surface area (Å²) in [4.78, 5) is 11.6. The molecule has 0 aromatic heterocycles. The summed E-state index contributed by atoms with van der Waals surface area (Å²) >= 11 is 0. The number of carbonyl (C=O) groups is 1. The minimum atomic E-state index is -0.110. The second-order valence-corrected chi connectivity index (χ2v) is 9.82. The molecule has 0 atom stereocenters. The van der Waals surface area contributed by atoms with Gasteiger partial charge in [0.25, 0.3) is 0 Å². The average molecular weight is 501 g/mol. The summed E-state index contributed by atoms with van der Waals surface area (Å²) in [7, 11) is 0. The van der Waals surface area contributed by atoms with Gasteiger partial charge in [0.1, 0.15) is 6.61 Å². The maximum atomic E-state index is 11.6. The Labute approximate surface area is 218 Å². The molecule has 35 heavy (non-hydrogen) atoms. The van der Waals surface area contributed by atoms with E-state index in [1.807, 2.05) is 0 Å². The predicted molar refractivity (Wildman–Crippen MR) is 147 cm³/mol.